The third-order valence-corrected chi connectivity index (χ3v) is 1.67. The van der Waals surface area contributed by atoms with Crippen LogP contribution in [0.5, 0.6) is 0 Å². The zero-order valence-corrected chi connectivity index (χ0v) is 6.91. The van der Waals surface area contributed by atoms with Crippen LogP contribution >= 0.6 is 12.6 Å². The fraction of sp³-hybridized carbons (Fsp3) is 0. The lowest BCUT2D eigenvalue weighted by Crippen LogP contribution is -1.86. The van der Waals surface area contributed by atoms with Gasteiger partial charge < -0.3 is 4.42 Å². The van der Waals surface area contributed by atoms with E-state index in [0.29, 0.717) is 11.1 Å². The van der Waals surface area contributed by atoms with Gasteiger partial charge in [-0.3, -0.25) is 4.79 Å². The second-order valence-electron chi connectivity index (χ2n) is 2.29. The quantitative estimate of drug-likeness (QED) is 0.680. The molecule has 60 valence electrons. The van der Waals surface area contributed by atoms with E-state index in [2.05, 4.69) is 17.6 Å². The van der Waals surface area contributed by atoms with Crippen molar-refractivity contribution in [3.8, 4) is 0 Å². The minimum Gasteiger partial charge on any atom is -0.433 e. The molecule has 0 radical (unpaired) electrons. The molecule has 0 aliphatic carbocycles. The molecule has 0 N–H and O–H groups in total. The molecule has 12 heavy (non-hydrogen) atoms. The van der Waals surface area contributed by atoms with E-state index in [-0.39, 0.29) is 5.89 Å². The van der Waals surface area contributed by atoms with Gasteiger partial charge in [-0.15, -0.1) is 0 Å². The van der Waals surface area contributed by atoms with Crippen LogP contribution in [0.2, 0.25) is 0 Å². The molecule has 4 heteroatoms. The van der Waals surface area contributed by atoms with Crippen molar-refractivity contribution in [3.05, 3.63) is 30.2 Å². The molecule has 0 spiro atoms. The first-order valence-corrected chi connectivity index (χ1v) is 3.81. The average Bonchev–Trinajstić information content (AvgIpc) is 2.46. The molecule has 0 aliphatic heterocycles. The van der Waals surface area contributed by atoms with E-state index in [9.17, 15) is 4.79 Å². The van der Waals surface area contributed by atoms with Crippen molar-refractivity contribution in [2.75, 3.05) is 0 Å². The molecule has 1 aromatic heterocycles. The third kappa shape index (κ3) is 1.10. The van der Waals surface area contributed by atoms with Gasteiger partial charge in [0.1, 0.15) is 5.52 Å². The van der Waals surface area contributed by atoms with E-state index in [1.165, 1.54) is 0 Å². The van der Waals surface area contributed by atoms with E-state index in [1.54, 1.807) is 12.1 Å². The Morgan fingerprint density at radius 2 is 2.17 bits per heavy atom. The highest BCUT2D eigenvalue weighted by atomic mass is 32.1. The van der Waals surface area contributed by atoms with Gasteiger partial charge in [-0.25, -0.2) is 4.98 Å². The Labute approximate surface area is 73.8 Å². The van der Waals surface area contributed by atoms with E-state index in [1.807, 2.05) is 12.1 Å². The number of hydrogen-bond donors (Lipinski definition) is 1. The number of hydrogen-bond acceptors (Lipinski definition) is 3. The van der Waals surface area contributed by atoms with Crippen molar-refractivity contribution in [1.29, 1.82) is 0 Å². The minimum atomic E-state index is -0.453. The molecule has 2 aromatic rings. The number of oxazole rings is 1. The molecule has 2 rings (SSSR count). The second-order valence-corrected chi connectivity index (χ2v) is 2.70. The van der Waals surface area contributed by atoms with Gasteiger partial charge in [0.15, 0.2) is 5.58 Å². The third-order valence-electron chi connectivity index (χ3n) is 1.48. The molecule has 0 aliphatic rings. The molecule has 0 saturated heterocycles. The Bertz CT molecular complexity index is 402. The largest absolute Gasteiger partial charge is 0.433 e. The first kappa shape index (κ1) is 7.36. The zero-order valence-electron chi connectivity index (χ0n) is 6.02. The summed E-state index contributed by atoms with van der Waals surface area (Å²) in [6, 6.07) is 7.18. The predicted molar refractivity (Wildman–Crippen MR) is 47.3 cm³/mol. The summed E-state index contributed by atoms with van der Waals surface area (Å²) >= 11 is 3.60. The number of carbonyl (C=O) groups is 1. The summed E-state index contributed by atoms with van der Waals surface area (Å²) < 4.78 is 5.09. The van der Waals surface area contributed by atoms with E-state index >= 15 is 0 Å². The number of thiol groups is 1. The second kappa shape index (κ2) is 2.64. The number of aromatic nitrogens is 1. The maximum Gasteiger partial charge on any atom is 0.275 e. The van der Waals surface area contributed by atoms with Gasteiger partial charge in [0, 0.05) is 0 Å². The summed E-state index contributed by atoms with van der Waals surface area (Å²) in [6.07, 6.45) is 0. The molecular weight excluding hydrogens is 174 g/mol. The molecule has 1 aromatic carbocycles. The standard InChI is InChI=1S/C8H5NO2S/c10-8(12)7-9-5-3-1-2-4-6(5)11-7/h1-4H,(H,10,12). The van der Waals surface area contributed by atoms with Crippen molar-refractivity contribution in [2.24, 2.45) is 0 Å². The smallest absolute Gasteiger partial charge is 0.275 e. The van der Waals surface area contributed by atoms with Crippen LogP contribution in [-0.2, 0) is 0 Å². The number of fused-ring (bicyclic) bond motifs is 1. The molecule has 0 unspecified atom stereocenters. The Morgan fingerprint density at radius 3 is 2.83 bits per heavy atom. The molecule has 0 saturated carbocycles. The van der Waals surface area contributed by atoms with Crippen LogP contribution in [0.4, 0.5) is 0 Å². The molecule has 3 nitrogen and oxygen atoms in total. The predicted octanol–water partition coefficient (Wildman–Crippen LogP) is 1.90. The van der Waals surface area contributed by atoms with Crippen LogP contribution in [0.15, 0.2) is 28.7 Å². The number of rotatable bonds is 1. The summed E-state index contributed by atoms with van der Waals surface area (Å²) in [7, 11) is 0. The minimum absolute atomic E-state index is 0.0412. The lowest BCUT2D eigenvalue weighted by atomic mass is 10.3. The molecule has 0 amide bonds. The van der Waals surface area contributed by atoms with Crippen molar-refractivity contribution in [3.63, 3.8) is 0 Å². The molecule has 0 atom stereocenters. The molecule has 0 bridgehead atoms. The van der Waals surface area contributed by atoms with Crippen molar-refractivity contribution >= 4 is 28.8 Å². The summed E-state index contributed by atoms with van der Waals surface area (Å²) in [5.41, 5.74) is 1.28. The van der Waals surface area contributed by atoms with Crippen LogP contribution in [0.25, 0.3) is 11.1 Å². The topological polar surface area (TPSA) is 43.1 Å². The Kier molecular flexibility index (Phi) is 1.62. The Balaban J connectivity index is 2.70. The maximum atomic E-state index is 10.7. The first-order chi connectivity index (χ1) is 5.77. The van der Waals surface area contributed by atoms with Gasteiger partial charge in [-0.05, 0) is 12.1 Å². The van der Waals surface area contributed by atoms with Crippen LogP contribution in [0.1, 0.15) is 10.7 Å². The van der Waals surface area contributed by atoms with Crippen molar-refractivity contribution in [2.45, 2.75) is 0 Å². The fourth-order valence-electron chi connectivity index (χ4n) is 0.964. The Hall–Kier alpha value is -1.29. The average molecular weight is 179 g/mol. The van der Waals surface area contributed by atoms with Gasteiger partial charge in [-0.1, -0.05) is 24.8 Å². The number of para-hydroxylation sites is 2. The lowest BCUT2D eigenvalue weighted by molar-refractivity contribution is 0.106. The van der Waals surface area contributed by atoms with Crippen LogP contribution < -0.4 is 0 Å². The summed E-state index contributed by atoms with van der Waals surface area (Å²) in [5, 5.41) is -0.453. The van der Waals surface area contributed by atoms with Gasteiger partial charge >= 0.3 is 0 Å². The van der Waals surface area contributed by atoms with Gasteiger partial charge in [0.05, 0.1) is 0 Å². The highest BCUT2D eigenvalue weighted by Gasteiger charge is 2.08. The van der Waals surface area contributed by atoms with E-state index < -0.39 is 5.12 Å². The summed E-state index contributed by atoms with van der Waals surface area (Å²) in [4.78, 5) is 14.6. The van der Waals surface area contributed by atoms with Gasteiger partial charge in [0.2, 0.25) is 0 Å². The molecular formula is C8H5NO2S. The summed E-state index contributed by atoms with van der Waals surface area (Å²) in [5.74, 6) is 0.0412. The van der Waals surface area contributed by atoms with Crippen LogP contribution in [0, 0.1) is 0 Å². The highest BCUT2D eigenvalue weighted by molar-refractivity contribution is 7.97. The maximum absolute atomic E-state index is 10.7. The zero-order chi connectivity index (χ0) is 8.55. The monoisotopic (exact) mass is 179 g/mol. The highest BCUT2D eigenvalue weighted by Crippen LogP contribution is 2.15. The molecule has 1 heterocycles. The number of nitrogens with zero attached hydrogens (tertiary/aromatic N) is 1. The van der Waals surface area contributed by atoms with E-state index in [0.717, 1.165) is 0 Å². The van der Waals surface area contributed by atoms with Crippen LogP contribution in [-0.4, -0.2) is 10.1 Å². The van der Waals surface area contributed by atoms with Gasteiger partial charge in [0.25, 0.3) is 11.0 Å². The van der Waals surface area contributed by atoms with Crippen molar-refractivity contribution < 1.29 is 9.21 Å². The summed E-state index contributed by atoms with van der Waals surface area (Å²) in [6.45, 7) is 0. The number of carbonyl (C=O) groups excluding carboxylic acids is 1. The van der Waals surface area contributed by atoms with Crippen LogP contribution in [0.3, 0.4) is 0 Å². The SMILES string of the molecule is O=C(S)c1nc2ccccc2o1. The number of benzene rings is 1. The van der Waals surface area contributed by atoms with Gasteiger partial charge in [-0.2, -0.15) is 0 Å². The Morgan fingerprint density at radius 1 is 1.42 bits per heavy atom. The van der Waals surface area contributed by atoms with Crippen molar-refractivity contribution in [1.82, 2.24) is 4.98 Å². The lowest BCUT2D eigenvalue weighted by Gasteiger charge is -1.80. The van der Waals surface area contributed by atoms with E-state index in [4.69, 9.17) is 4.42 Å². The molecule has 0 fully saturated rings. The first-order valence-electron chi connectivity index (χ1n) is 3.36. The normalized spacial score (nSPS) is 10.4. The fourth-order valence-corrected chi connectivity index (χ4v) is 1.06.